The van der Waals surface area contributed by atoms with Gasteiger partial charge < -0.3 is 5.53 Å². The predicted molar refractivity (Wildman–Crippen MR) is 195 cm³/mol. The molecule has 45 heavy (non-hydrogen) atoms. The van der Waals surface area contributed by atoms with Gasteiger partial charge in [0.25, 0.3) is 0 Å². The third-order valence-electron chi connectivity index (χ3n) is 8.75. The molecule has 1 aliphatic rings. The van der Waals surface area contributed by atoms with Crippen LogP contribution < -0.4 is 0 Å². The fourth-order valence-electron chi connectivity index (χ4n) is 5.82. The molecule has 0 atom stereocenters. The first kappa shape index (κ1) is 39.2. The van der Waals surface area contributed by atoms with Crippen LogP contribution >= 0.6 is 0 Å². The monoisotopic (exact) mass is 656 g/mol. The van der Waals surface area contributed by atoms with E-state index in [-0.39, 0.29) is 0 Å². The molecule has 0 spiro atoms. The van der Waals surface area contributed by atoms with Gasteiger partial charge in [-0.25, -0.2) is 4.70 Å². The van der Waals surface area contributed by atoms with Gasteiger partial charge in [-0.2, -0.15) is 0 Å². The van der Waals surface area contributed by atoms with Crippen LogP contribution in [0.3, 0.4) is 0 Å². The average molecular weight is 658 g/mol. The van der Waals surface area contributed by atoms with Crippen LogP contribution in [0.15, 0.2) is 60.2 Å². The van der Waals surface area contributed by atoms with Gasteiger partial charge in [-0.05, 0) is 61.1 Å². The van der Waals surface area contributed by atoms with E-state index in [1.165, 1.54) is 122 Å². The zero-order valence-electron chi connectivity index (χ0n) is 29.8. The summed E-state index contributed by atoms with van der Waals surface area (Å²) in [5.41, 5.74) is 18.8. The van der Waals surface area contributed by atoms with Crippen LogP contribution in [-0.4, -0.2) is 4.70 Å². The number of benzene rings is 2. The van der Waals surface area contributed by atoms with E-state index < -0.39 is 0 Å². The molecule has 0 radical (unpaired) electrons. The molecular formula is C42H66N2Ni. The summed E-state index contributed by atoms with van der Waals surface area (Å²) in [4.78, 5) is 0. The van der Waals surface area contributed by atoms with Gasteiger partial charge >= 0.3 is 129 Å². The normalized spacial score (nSPS) is 12.9. The number of hydrogen-bond acceptors (Lipinski definition) is 0. The summed E-state index contributed by atoms with van der Waals surface area (Å²) < 4.78 is 1.40. The molecule has 2 aromatic rings. The molecule has 2 nitrogen and oxygen atoms in total. The van der Waals surface area contributed by atoms with Crippen molar-refractivity contribution in [2.45, 2.75) is 167 Å². The molecule has 0 saturated heterocycles. The van der Waals surface area contributed by atoms with Crippen molar-refractivity contribution in [2.75, 3.05) is 0 Å². The topological polar surface area (TPSA) is 25.3 Å². The summed E-state index contributed by atoms with van der Waals surface area (Å²) in [7, 11) is 0. The molecule has 1 heterocycles. The first-order valence-electron chi connectivity index (χ1n) is 18.7. The molecule has 0 amide bonds. The summed E-state index contributed by atoms with van der Waals surface area (Å²) in [5.74, 6) is 0. The van der Waals surface area contributed by atoms with Gasteiger partial charge in [0.2, 0.25) is 11.4 Å². The zero-order chi connectivity index (χ0) is 32.5. The first-order chi connectivity index (χ1) is 22.1. The zero-order valence-corrected chi connectivity index (χ0v) is 30.7. The third-order valence-corrected chi connectivity index (χ3v) is 10.1. The average Bonchev–Trinajstić information content (AvgIpc) is 3.41. The molecule has 3 rings (SSSR count). The van der Waals surface area contributed by atoms with E-state index in [9.17, 15) is 5.53 Å². The maximum atomic E-state index is 11.1. The number of rotatable bonds is 23. The van der Waals surface area contributed by atoms with Gasteiger partial charge in [0.1, 0.15) is 0 Å². The van der Waals surface area contributed by atoms with E-state index in [4.69, 9.17) is 0 Å². The second kappa shape index (κ2) is 25.1. The van der Waals surface area contributed by atoms with Crippen molar-refractivity contribution >= 4 is 11.4 Å². The van der Waals surface area contributed by atoms with Crippen LogP contribution in [0.5, 0.6) is 0 Å². The summed E-state index contributed by atoms with van der Waals surface area (Å²) in [6.45, 7) is 11.1. The van der Waals surface area contributed by atoms with Crippen molar-refractivity contribution in [3.05, 3.63) is 88.0 Å². The fourth-order valence-corrected chi connectivity index (χ4v) is 7.06. The van der Waals surface area contributed by atoms with Crippen molar-refractivity contribution in [1.29, 1.82) is 0 Å². The Kier molecular flexibility index (Phi) is 21.9. The molecular weight excluding hydrogens is 591 g/mol. The fraction of sp³-hybridized carbons (Fsp3) is 0.619. The Balaban J connectivity index is 0.000000332. The summed E-state index contributed by atoms with van der Waals surface area (Å²) in [6, 6.07) is 17.0. The molecule has 0 bridgehead atoms. The molecule has 1 aliphatic heterocycles. The molecule has 0 unspecified atom stereocenters. The molecule has 0 fully saturated rings. The van der Waals surface area contributed by atoms with E-state index in [1.54, 1.807) is 0 Å². The summed E-state index contributed by atoms with van der Waals surface area (Å²) >= 11 is 2.01. The van der Waals surface area contributed by atoms with Gasteiger partial charge in [-0.1, -0.05) is 51.5 Å². The van der Waals surface area contributed by atoms with E-state index >= 15 is 0 Å². The van der Waals surface area contributed by atoms with E-state index in [0.29, 0.717) is 0 Å². The molecule has 254 valence electrons. The van der Waals surface area contributed by atoms with Gasteiger partial charge in [0.15, 0.2) is 0 Å². The van der Waals surface area contributed by atoms with Gasteiger partial charge in [0, 0.05) is 22.8 Å². The van der Waals surface area contributed by atoms with Crippen molar-refractivity contribution in [2.24, 2.45) is 0 Å². The molecule has 0 N–H and O–H groups in total. The van der Waals surface area contributed by atoms with Gasteiger partial charge in [0.05, 0.1) is 0 Å². The van der Waals surface area contributed by atoms with Crippen LogP contribution in [0.4, 0.5) is 0 Å². The minimum absolute atomic E-state index is 0.878. The van der Waals surface area contributed by atoms with Crippen molar-refractivity contribution in [3.8, 4) is 0 Å². The van der Waals surface area contributed by atoms with Crippen LogP contribution in [0.2, 0.25) is 10.8 Å². The quantitative estimate of drug-likeness (QED) is 0.0646. The van der Waals surface area contributed by atoms with Gasteiger partial charge in [-0.15, -0.1) is 0 Å². The van der Waals surface area contributed by atoms with E-state index in [0.717, 1.165) is 54.6 Å². The number of aryl methyl sites for hydroxylation is 2. The Hall–Kier alpha value is -1.99. The second-order valence-corrected chi connectivity index (χ2v) is 14.1. The Morgan fingerprint density at radius 2 is 1.02 bits per heavy atom. The minimum atomic E-state index is 0.878. The number of hydrogen-bond donors (Lipinski definition) is 0. The molecule has 3 heteroatoms. The van der Waals surface area contributed by atoms with Crippen LogP contribution in [0.1, 0.15) is 166 Å². The van der Waals surface area contributed by atoms with Crippen LogP contribution in [-0.2, 0) is 27.3 Å². The summed E-state index contributed by atoms with van der Waals surface area (Å²) in [6.07, 6.45) is 27.7. The van der Waals surface area contributed by atoms with Crippen molar-refractivity contribution in [1.82, 2.24) is 0 Å². The van der Waals surface area contributed by atoms with Gasteiger partial charge in [-0.3, -0.25) is 0 Å². The second-order valence-electron chi connectivity index (χ2n) is 12.6. The number of allylic oxidation sites excluding steroid dienone is 2. The molecule has 0 saturated carbocycles. The first-order valence-corrected chi connectivity index (χ1v) is 20.1. The standard InChI is InChI=1S/C24H28N2.2C9H19.Ni/c1-4-7-12-22-17-23(20-13-8-10-18(5-2)15-20)26(25)24(22)21-14-9-11-19(6-3)16-21;2*1-3-5-7-9-8-6-4-2;/h8-11,13-17H,4-7,12H2,1-3H3;2*1,3-9H2,2H3;. The Bertz CT molecular complexity index is 1130. The maximum absolute atomic E-state index is 11.1. The predicted octanol–water partition coefficient (Wildman–Crippen LogP) is 14.2. The van der Waals surface area contributed by atoms with E-state index in [1.807, 2.05) is 14.4 Å². The Morgan fingerprint density at radius 3 is 1.53 bits per heavy atom. The third kappa shape index (κ3) is 15.4. The molecule has 0 aromatic heterocycles. The van der Waals surface area contributed by atoms with E-state index in [2.05, 4.69) is 89.2 Å². The molecule has 0 aliphatic carbocycles. The van der Waals surface area contributed by atoms with Crippen molar-refractivity contribution in [3.63, 3.8) is 0 Å². The van der Waals surface area contributed by atoms with Crippen molar-refractivity contribution < 1.29 is 19.1 Å². The Morgan fingerprint density at radius 1 is 0.556 bits per heavy atom. The number of nitrogens with zero attached hydrogens (tertiary/aromatic N) is 2. The van der Waals surface area contributed by atoms with Crippen LogP contribution in [0.25, 0.3) is 16.9 Å². The SMILES string of the molecule is CCCCC1=C(c2cccc(CC)c2)[N+](=[N-])C(c2cccc(CC)c2)=C1.CCCCCCCC[CH2][Ni][CH2]CCCCCCCC. The van der Waals surface area contributed by atoms with Crippen LogP contribution in [0, 0.1) is 0 Å². The molecule has 2 aromatic carbocycles. The summed E-state index contributed by atoms with van der Waals surface area (Å²) in [5, 5.41) is 2.85. The Labute approximate surface area is 284 Å². The number of unbranched alkanes of at least 4 members (excludes halogenated alkanes) is 13.